The van der Waals surface area contributed by atoms with E-state index in [1.807, 2.05) is 17.6 Å². The Morgan fingerprint density at radius 3 is 2.58 bits per heavy atom. The van der Waals surface area contributed by atoms with Crippen molar-refractivity contribution in [1.82, 2.24) is 13.7 Å². The first kappa shape index (κ1) is 23.4. The van der Waals surface area contributed by atoms with Crippen LogP contribution in [-0.4, -0.2) is 32.3 Å². The van der Waals surface area contributed by atoms with E-state index >= 15 is 0 Å². The van der Waals surface area contributed by atoms with Gasteiger partial charge in [-0.15, -0.1) is 12.4 Å². The van der Waals surface area contributed by atoms with Crippen molar-refractivity contribution in [3.8, 4) is 0 Å². The van der Waals surface area contributed by atoms with Crippen LogP contribution in [0.15, 0.2) is 33.9 Å². The van der Waals surface area contributed by atoms with Crippen molar-refractivity contribution < 1.29 is 4.39 Å². The van der Waals surface area contributed by atoms with Gasteiger partial charge in [0.25, 0.3) is 5.56 Å². The predicted octanol–water partition coefficient (Wildman–Crippen LogP) is 2.62. The average molecular weight is 470 g/mol. The molecule has 0 bridgehead atoms. The van der Waals surface area contributed by atoms with E-state index in [9.17, 15) is 14.0 Å². The number of hydrogen-bond donors (Lipinski definition) is 1. The predicted molar refractivity (Wildman–Crippen MR) is 124 cm³/mol. The van der Waals surface area contributed by atoms with Crippen LogP contribution in [0.3, 0.4) is 0 Å². The Kier molecular flexibility index (Phi) is 6.28. The number of anilines is 1. The van der Waals surface area contributed by atoms with E-state index in [0.717, 1.165) is 29.8 Å². The van der Waals surface area contributed by atoms with Crippen LogP contribution in [0.5, 0.6) is 0 Å². The van der Waals surface area contributed by atoms with Crippen LogP contribution in [0.4, 0.5) is 10.2 Å². The summed E-state index contributed by atoms with van der Waals surface area (Å²) in [7, 11) is 3.09. The summed E-state index contributed by atoms with van der Waals surface area (Å²) >= 11 is 6.32. The molecule has 3 aromatic rings. The van der Waals surface area contributed by atoms with Gasteiger partial charge in [-0.05, 0) is 43.5 Å². The fraction of sp³-hybridized carbons (Fsp3) is 0.429. The molecule has 2 N–H and O–H groups in total. The molecule has 1 aromatic carbocycles. The van der Waals surface area contributed by atoms with Crippen LogP contribution in [0, 0.1) is 5.82 Å². The van der Waals surface area contributed by atoms with E-state index in [4.69, 9.17) is 17.3 Å². The zero-order valence-electron chi connectivity index (χ0n) is 17.7. The molecule has 0 spiro atoms. The highest BCUT2D eigenvalue weighted by atomic mass is 35.5. The molecular weight excluding hydrogens is 444 g/mol. The van der Waals surface area contributed by atoms with Crippen molar-refractivity contribution in [3.63, 3.8) is 0 Å². The fourth-order valence-electron chi connectivity index (χ4n) is 4.30. The van der Waals surface area contributed by atoms with E-state index in [2.05, 4.69) is 4.90 Å². The standard InChI is InChI=1S/C21H25ClFN5O2.ClH/c1-21(24)7-4-8-27(12-21)17-10-16-18(19(29)26(3)20(30)25(16)2)28(17)11-13-9-14(23)5-6-15(13)22;/h5-6,9-10H,4,7-8,11-12,24H2,1-3H3;1H/t21-;/m1./s1. The Hall–Kier alpha value is -2.29. The molecule has 168 valence electrons. The van der Waals surface area contributed by atoms with Crippen LogP contribution >= 0.6 is 24.0 Å². The molecule has 1 fully saturated rings. The van der Waals surface area contributed by atoms with Crippen molar-refractivity contribution in [1.29, 1.82) is 0 Å². The molecule has 31 heavy (non-hydrogen) atoms. The zero-order chi connectivity index (χ0) is 21.8. The summed E-state index contributed by atoms with van der Waals surface area (Å²) in [5, 5.41) is 0.410. The molecule has 0 aliphatic carbocycles. The second-order valence-corrected chi connectivity index (χ2v) is 8.85. The molecule has 2 aromatic heterocycles. The molecule has 1 atom stereocenters. The number of aryl methyl sites for hydroxylation is 1. The largest absolute Gasteiger partial charge is 0.356 e. The Morgan fingerprint density at radius 2 is 1.90 bits per heavy atom. The van der Waals surface area contributed by atoms with Gasteiger partial charge in [0.05, 0.1) is 12.1 Å². The molecule has 10 heteroatoms. The SMILES string of the molecule is Cl.Cn1c(=O)c2c(cc(N3CCC[C@@](C)(N)C3)n2Cc2cc(F)ccc2Cl)n(C)c1=O. The van der Waals surface area contributed by atoms with Crippen LogP contribution in [0.2, 0.25) is 5.02 Å². The maximum Gasteiger partial charge on any atom is 0.331 e. The van der Waals surface area contributed by atoms with Gasteiger partial charge in [-0.25, -0.2) is 9.18 Å². The molecule has 0 saturated carbocycles. The lowest BCUT2D eigenvalue weighted by Crippen LogP contribution is -2.52. The monoisotopic (exact) mass is 469 g/mol. The fourth-order valence-corrected chi connectivity index (χ4v) is 4.47. The number of rotatable bonds is 3. The Bertz CT molecular complexity index is 1260. The first-order valence-corrected chi connectivity index (χ1v) is 10.2. The molecular formula is C21H26Cl2FN5O2. The molecule has 4 rings (SSSR count). The maximum atomic E-state index is 13.9. The van der Waals surface area contributed by atoms with Crippen molar-refractivity contribution in [2.24, 2.45) is 19.8 Å². The summed E-state index contributed by atoms with van der Waals surface area (Å²) < 4.78 is 18.3. The van der Waals surface area contributed by atoms with E-state index in [1.54, 1.807) is 7.05 Å². The van der Waals surface area contributed by atoms with Crippen LogP contribution in [-0.2, 0) is 20.6 Å². The number of nitrogens with zero attached hydrogens (tertiary/aromatic N) is 4. The maximum absolute atomic E-state index is 13.9. The van der Waals surface area contributed by atoms with Crippen molar-refractivity contribution in [2.45, 2.75) is 31.8 Å². The first-order valence-electron chi connectivity index (χ1n) is 9.86. The summed E-state index contributed by atoms with van der Waals surface area (Å²) in [6.45, 7) is 3.58. The smallest absolute Gasteiger partial charge is 0.331 e. The molecule has 0 radical (unpaired) electrons. The third-order valence-electron chi connectivity index (χ3n) is 5.89. The molecule has 0 unspecified atom stereocenters. The van der Waals surface area contributed by atoms with Gasteiger partial charge in [-0.2, -0.15) is 0 Å². The van der Waals surface area contributed by atoms with Gasteiger partial charge in [0.15, 0.2) is 0 Å². The number of fused-ring (bicyclic) bond motifs is 1. The topological polar surface area (TPSA) is 78.2 Å². The van der Waals surface area contributed by atoms with Crippen molar-refractivity contribution in [2.75, 3.05) is 18.0 Å². The van der Waals surface area contributed by atoms with Crippen molar-refractivity contribution >= 4 is 40.9 Å². The summed E-state index contributed by atoms with van der Waals surface area (Å²) in [6.07, 6.45) is 1.81. The molecule has 0 amide bonds. The minimum Gasteiger partial charge on any atom is -0.356 e. The molecule has 3 heterocycles. The average Bonchev–Trinajstić information content (AvgIpc) is 3.06. The second-order valence-electron chi connectivity index (χ2n) is 8.44. The van der Waals surface area contributed by atoms with Gasteiger partial charge in [0, 0.05) is 43.8 Å². The summed E-state index contributed by atoms with van der Waals surface area (Å²) in [5.74, 6) is 0.361. The van der Waals surface area contributed by atoms with Gasteiger partial charge in [0.2, 0.25) is 0 Å². The number of halogens is 3. The number of piperidine rings is 1. The van der Waals surface area contributed by atoms with Gasteiger partial charge in [-0.1, -0.05) is 11.6 Å². The highest BCUT2D eigenvalue weighted by Gasteiger charge is 2.30. The Labute approximate surface area is 190 Å². The molecule has 1 aliphatic rings. The van der Waals surface area contributed by atoms with E-state index in [1.165, 1.54) is 29.8 Å². The number of aromatic nitrogens is 3. The summed E-state index contributed by atoms with van der Waals surface area (Å²) in [4.78, 5) is 27.7. The molecule has 7 nitrogen and oxygen atoms in total. The first-order chi connectivity index (χ1) is 14.1. The molecule has 1 saturated heterocycles. The Balaban J connectivity index is 0.00000272. The Morgan fingerprint density at radius 1 is 1.19 bits per heavy atom. The van der Waals surface area contributed by atoms with E-state index < -0.39 is 17.1 Å². The highest BCUT2D eigenvalue weighted by molar-refractivity contribution is 6.31. The minimum atomic E-state index is -0.403. The quantitative estimate of drug-likeness (QED) is 0.639. The normalized spacial score (nSPS) is 19.0. The van der Waals surface area contributed by atoms with Gasteiger partial charge < -0.3 is 15.2 Å². The zero-order valence-corrected chi connectivity index (χ0v) is 19.3. The van der Waals surface area contributed by atoms with Crippen molar-refractivity contribution in [3.05, 3.63) is 61.5 Å². The van der Waals surface area contributed by atoms with Crippen LogP contribution in [0.1, 0.15) is 25.3 Å². The lowest BCUT2D eigenvalue weighted by atomic mass is 9.92. The number of nitrogens with two attached hydrogens (primary N) is 1. The summed E-state index contributed by atoms with van der Waals surface area (Å²) in [6, 6.07) is 6.01. The van der Waals surface area contributed by atoms with E-state index in [0.29, 0.717) is 28.2 Å². The van der Waals surface area contributed by atoms with Gasteiger partial charge >= 0.3 is 5.69 Å². The van der Waals surface area contributed by atoms with Gasteiger partial charge in [-0.3, -0.25) is 13.9 Å². The third kappa shape index (κ3) is 4.12. The second kappa shape index (κ2) is 8.33. The summed E-state index contributed by atoms with van der Waals surface area (Å²) in [5.41, 5.74) is 6.69. The number of hydrogen-bond acceptors (Lipinski definition) is 4. The third-order valence-corrected chi connectivity index (χ3v) is 6.25. The lowest BCUT2D eigenvalue weighted by molar-refractivity contribution is 0.371. The molecule has 1 aliphatic heterocycles. The van der Waals surface area contributed by atoms with Crippen LogP contribution < -0.4 is 21.9 Å². The van der Waals surface area contributed by atoms with Crippen LogP contribution in [0.25, 0.3) is 11.0 Å². The number of benzene rings is 1. The lowest BCUT2D eigenvalue weighted by Gasteiger charge is -2.39. The van der Waals surface area contributed by atoms with Gasteiger partial charge in [0.1, 0.15) is 17.2 Å². The minimum absolute atomic E-state index is 0. The highest BCUT2D eigenvalue weighted by Crippen LogP contribution is 2.31. The van der Waals surface area contributed by atoms with E-state index in [-0.39, 0.29) is 24.5 Å².